The van der Waals surface area contributed by atoms with Crippen molar-refractivity contribution in [2.24, 2.45) is 0 Å². The van der Waals surface area contributed by atoms with E-state index in [2.05, 4.69) is 5.32 Å². The van der Waals surface area contributed by atoms with Crippen molar-refractivity contribution < 1.29 is 9.59 Å². The average Bonchev–Trinajstić information content (AvgIpc) is 2.75. The second-order valence-electron chi connectivity index (χ2n) is 6.74. The Morgan fingerprint density at radius 2 is 1.36 bits per heavy atom. The molecule has 4 heteroatoms. The summed E-state index contributed by atoms with van der Waals surface area (Å²) in [4.78, 5) is 27.2. The van der Waals surface area contributed by atoms with Gasteiger partial charge in [-0.25, -0.2) is 0 Å². The van der Waals surface area contributed by atoms with Gasteiger partial charge in [-0.05, 0) is 23.3 Å². The van der Waals surface area contributed by atoms with Crippen LogP contribution in [0.2, 0.25) is 0 Å². The van der Waals surface area contributed by atoms with Crippen LogP contribution in [0.4, 0.5) is 0 Å². The molecule has 1 atom stereocenters. The van der Waals surface area contributed by atoms with E-state index in [1.54, 1.807) is 24.1 Å². The van der Waals surface area contributed by atoms with Crippen molar-refractivity contribution >= 4 is 11.8 Å². The van der Waals surface area contributed by atoms with E-state index >= 15 is 0 Å². The van der Waals surface area contributed by atoms with Crippen LogP contribution in [-0.4, -0.2) is 23.8 Å². The molecule has 3 aromatic rings. The molecule has 0 radical (unpaired) electrons. The van der Waals surface area contributed by atoms with Crippen molar-refractivity contribution in [2.75, 3.05) is 7.05 Å². The van der Waals surface area contributed by atoms with Crippen molar-refractivity contribution in [1.82, 2.24) is 10.2 Å². The quantitative estimate of drug-likeness (QED) is 0.675. The van der Waals surface area contributed by atoms with Crippen molar-refractivity contribution in [3.63, 3.8) is 0 Å². The van der Waals surface area contributed by atoms with Gasteiger partial charge in [0.25, 0.3) is 5.91 Å². The third kappa shape index (κ3) is 5.30. The Bertz CT molecular complexity index is 896. The largest absolute Gasteiger partial charge is 0.345 e. The fraction of sp³-hybridized carbons (Fsp3) is 0.167. The van der Waals surface area contributed by atoms with Crippen molar-refractivity contribution in [3.8, 4) is 0 Å². The van der Waals surface area contributed by atoms with E-state index in [4.69, 9.17) is 0 Å². The molecule has 0 saturated heterocycles. The molecule has 0 saturated carbocycles. The van der Waals surface area contributed by atoms with E-state index in [0.717, 1.165) is 11.1 Å². The van der Waals surface area contributed by atoms with E-state index in [0.29, 0.717) is 12.1 Å². The minimum atomic E-state index is -0.389. The maximum absolute atomic E-state index is 12.8. The van der Waals surface area contributed by atoms with Crippen LogP contribution in [0.25, 0.3) is 0 Å². The van der Waals surface area contributed by atoms with Gasteiger partial charge >= 0.3 is 0 Å². The van der Waals surface area contributed by atoms with Gasteiger partial charge in [-0.1, -0.05) is 78.9 Å². The Balaban J connectivity index is 1.72. The first-order chi connectivity index (χ1) is 13.6. The fourth-order valence-electron chi connectivity index (χ4n) is 3.04. The standard InChI is InChI=1S/C24H24N2O2/c1-26(18-19-11-5-2-6-12-19)23(27)17-22(20-13-7-3-8-14-20)25-24(28)21-15-9-4-10-16-21/h2-16,22H,17-18H2,1H3,(H,25,28). The van der Waals surface area contributed by atoms with Crippen LogP contribution < -0.4 is 5.32 Å². The summed E-state index contributed by atoms with van der Waals surface area (Å²) in [6, 6.07) is 28.1. The zero-order valence-electron chi connectivity index (χ0n) is 15.9. The molecule has 0 aliphatic heterocycles. The number of nitrogens with one attached hydrogen (secondary N) is 1. The summed E-state index contributed by atoms with van der Waals surface area (Å²) in [7, 11) is 1.79. The summed E-state index contributed by atoms with van der Waals surface area (Å²) >= 11 is 0. The van der Waals surface area contributed by atoms with Crippen LogP contribution in [-0.2, 0) is 11.3 Å². The van der Waals surface area contributed by atoms with Crippen molar-refractivity contribution in [3.05, 3.63) is 108 Å². The van der Waals surface area contributed by atoms with Crippen LogP contribution >= 0.6 is 0 Å². The first-order valence-corrected chi connectivity index (χ1v) is 9.32. The summed E-state index contributed by atoms with van der Waals surface area (Å²) in [6.45, 7) is 0.536. The lowest BCUT2D eigenvalue weighted by atomic mass is 10.0. The van der Waals surface area contributed by atoms with Crippen LogP contribution in [0, 0.1) is 0 Å². The number of rotatable bonds is 7. The van der Waals surface area contributed by atoms with E-state index in [1.807, 2.05) is 78.9 Å². The molecular weight excluding hydrogens is 348 g/mol. The van der Waals surface area contributed by atoms with E-state index in [-0.39, 0.29) is 24.3 Å². The second-order valence-corrected chi connectivity index (χ2v) is 6.74. The van der Waals surface area contributed by atoms with E-state index in [9.17, 15) is 9.59 Å². The normalized spacial score (nSPS) is 11.5. The number of carbonyl (C=O) groups excluding carboxylic acids is 2. The predicted octanol–water partition coefficient (Wildman–Crippen LogP) is 4.21. The molecule has 3 aromatic carbocycles. The maximum Gasteiger partial charge on any atom is 0.251 e. The maximum atomic E-state index is 12.8. The number of nitrogens with zero attached hydrogens (tertiary/aromatic N) is 1. The second kappa shape index (κ2) is 9.51. The van der Waals surface area contributed by atoms with Gasteiger partial charge in [-0.2, -0.15) is 0 Å². The molecule has 1 unspecified atom stereocenters. The molecule has 0 aliphatic carbocycles. The van der Waals surface area contributed by atoms with Crippen molar-refractivity contribution in [1.29, 1.82) is 0 Å². The molecule has 3 rings (SSSR count). The number of carbonyl (C=O) groups is 2. The average molecular weight is 372 g/mol. The Morgan fingerprint density at radius 1 is 0.821 bits per heavy atom. The van der Waals surface area contributed by atoms with Gasteiger partial charge in [-0.3, -0.25) is 9.59 Å². The third-order valence-electron chi connectivity index (χ3n) is 4.61. The molecule has 0 aliphatic rings. The molecule has 28 heavy (non-hydrogen) atoms. The minimum Gasteiger partial charge on any atom is -0.345 e. The monoisotopic (exact) mass is 372 g/mol. The fourth-order valence-corrected chi connectivity index (χ4v) is 3.04. The highest BCUT2D eigenvalue weighted by Gasteiger charge is 2.21. The van der Waals surface area contributed by atoms with Gasteiger partial charge < -0.3 is 10.2 Å². The van der Waals surface area contributed by atoms with Gasteiger partial charge in [0, 0.05) is 19.2 Å². The first kappa shape index (κ1) is 19.4. The third-order valence-corrected chi connectivity index (χ3v) is 4.61. The molecule has 0 heterocycles. The smallest absolute Gasteiger partial charge is 0.251 e. The van der Waals surface area contributed by atoms with Crippen LogP contribution in [0.1, 0.15) is 33.9 Å². The van der Waals surface area contributed by atoms with Crippen LogP contribution in [0.3, 0.4) is 0 Å². The lowest BCUT2D eigenvalue weighted by Gasteiger charge is -2.23. The van der Waals surface area contributed by atoms with Gasteiger partial charge in [-0.15, -0.1) is 0 Å². The Labute approximate surface area is 165 Å². The van der Waals surface area contributed by atoms with Gasteiger partial charge in [0.2, 0.25) is 5.91 Å². The lowest BCUT2D eigenvalue weighted by Crippen LogP contribution is -2.34. The summed E-state index contributed by atoms with van der Waals surface area (Å²) in [5.41, 5.74) is 2.56. The molecule has 0 spiro atoms. The lowest BCUT2D eigenvalue weighted by molar-refractivity contribution is -0.130. The highest BCUT2D eigenvalue weighted by atomic mass is 16.2. The molecule has 142 valence electrons. The molecule has 2 amide bonds. The summed E-state index contributed by atoms with van der Waals surface area (Å²) < 4.78 is 0. The Morgan fingerprint density at radius 3 is 1.96 bits per heavy atom. The molecule has 0 aromatic heterocycles. The van der Waals surface area contributed by atoms with Crippen LogP contribution in [0.5, 0.6) is 0 Å². The first-order valence-electron chi connectivity index (χ1n) is 9.32. The summed E-state index contributed by atoms with van der Waals surface area (Å²) in [6.07, 6.45) is 0.200. The number of hydrogen-bond donors (Lipinski definition) is 1. The predicted molar refractivity (Wildman–Crippen MR) is 111 cm³/mol. The summed E-state index contributed by atoms with van der Waals surface area (Å²) in [5, 5.41) is 3.01. The molecule has 0 fully saturated rings. The van der Waals surface area contributed by atoms with Gasteiger partial charge in [0.15, 0.2) is 0 Å². The highest BCUT2D eigenvalue weighted by molar-refractivity contribution is 5.94. The van der Waals surface area contributed by atoms with E-state index in [1.165, 1.54) is 0 Å². The number of hydrogen-bond acceptors (Lipinski definition) is 2. The van der Waals surface area contributed by atoms with Gasteiger partial charge in [0.1, 0.15) is 0 Å². The van der Waals surface area contributed by atoms with Crippen LogP contribution in [0.15, 0.2) is 91.0 Å². The molecular formula is C24H24N2O2. The SMILES string of the molecule is CN(Cc1ccccc1)C(=O)CC(NC(=O)c1ccccc1)c1ccccc1. The minimum absolute atomic E-state index is 0.0222. The Kier molecular flexibility index (Phi) is 6.58. The Hall–Kier alpha value is -3.40. The zero-order valence-corrected chi connectivity index (χ0v) is 15.9. The number of amides is 2. The molecule has 4 nitrogen and oxygen atoms in total. The van der Waals surface area contributed by atoms with Crippen molar-refractivity contribution in [2.45, 2.75) is 19.0 Å². The highest BCUT2D eigenvalue weighted by Crippen LogP contribution is 2.19. The molecule has 0 bridgehead atoms. The zero-order chi connectivity index (χ0) is 19.8. The number of benzene rings is 3. The van der Waals surface area contributed by atoms with E-state index < -0.39 is 0 Å². The molecule has 1 N–H and O–H groups in total. The van der Waals surface area contributed by atoms with Gasteiger partial charge in [0.05, 0.1) is 12.5 Å². The summed E-state index contributed by atoms with van der Waals surface area (Å²) in [5.74, 6) is -0.209. The topological polar surface area (TPSA) is 49.4 Å².